The fraction of sp³-hybridized carbons (Fsp3) is 0.385. The molecule has 2 aromatic heterocycles. The van der Waals surface area contributed by atoms with Gasteiger partial charge < -0.3 is 19.8 Å². The van der Waals surface area contributed by atoms with Crippen molar-refractivity contribution in [3.63, 3.8) is 0 Å². The molecule has 0 radical (unpaired) electrons. The Bertz CT molecular complexity index is 1140. The largest absolute Gasteiger partial charge is 2.00 e. The number of aromatic nitrogens is 2. The predicted octanol–water partition coefficient (Wildman–Crippen LogP) is 4.82. The molecule has 0 fully saturated rings. The van der Waals surface area contributed by atoms with Crippen molar-refractivity contribution in [2.24, 2.45) is 23.7 Å². The molecule has 6 nitrogen and oxygen atoms in total. The molecule has 0 saturated carbocycles. The molecule has 0 spiro atoms. The second kappa shape index (κ2) is 15.2. The first-order valence-corrected chi connectivity index (χ1v) is 15.1. The Labute approximate surface area is 246 Å². The fourth-order valence-electron chi connectivity index (χ4n) is 3.21. The van der Waals surface area contributed by atoms with Crippen molar-refractivity contribution in [2.75, 3.05) is 11.5 Å². The number of benzene rings is 2. The van der Waals surface area contributed by atoms with Crippen LogP contribution in [0.1, 0.15) is 27.7 Å². The number of para-hydroxylation sites is 2. The van der Waals surface area contributed by atoms with E-state index in [1.54, 1.807) is 22.7 Å². The summed E-state index contributed by atoms with van der Waals surface area (Å²) in [5, 5.41) is 22.0. The van der Waals surface area contributed by atoms with E-state index < -0.39 is 23.8 Å². The summed E-state index contributed by atoms with van der Waals surface area (Å²) in [6, 6.07) is 15.8. The van der Waals surface area contributed by atoms with E-state index >= 15 is 0 Å². The third kappa shape index (κ3) is 9.32. The molecule has 2 atom stereocenters. The maximum absolute atomic E-state index is 11.0. The zero-order valence-corrected chi connectivity index (χ0v) is 27.4. The number of nitrogens with zero attached hydrogens (tertiary/aromatic N) is 2. The van der Waals surface area contributed by atoms with Crippen LogP contribution in [0.25, 0.3) is 20.4 Å². The summed E-state index contributed by atoms with van der Waals surface area (Å²) in [5.74, 6) is -1.62. The number of fused-ring (bicyclic) bond motifs is 2. The first kappa shape index (κ1) is 31.7. The molecule has 11 heteroatoms. The minimum atomic E-state index is -0.974. The van der Waals surface area contributed by atoms with Crippen LogP contribution in [-0.4, -0.2) is 33.4 Å². The van der Waals surface area contributed by atoms with Crippen LogP contribution in [0.3, 0.4) is 0 Å². The van der Waals surface area contributed by atoms with Gasteiger partial charge >= 0.3 is 19.5 Å². The first-order valence-electron chi connectivity index (χ1n) is 11.5. The number of rotatable bonds is 10. The van der Waals surface area contributed by atoms with Crippen LogP contribution in [0.5, 0.6) is 0 Å². The molecule has 0 amide bonds. The summed E-state index contributed by atoms with van der Waals surface area (Å²) in [4.78, 5) is 30.9. The summed E-state index contributed by atoms with van der Waals surface area (Å²) < 4.78 is 4.11. The number of carbonyl (C=O) groups excluding carboxylic acids is 2. The molecule has 37 heavy (non-hydrogen) atoms. The van der Waals surface area contributed by atoms with Crippen molar-refractivity contribution in [2.45, 2.75) is 36.4 Å². The van der Waals surface area contributed by atoms with E-state index in [4.69, 9.17) is 0 Å². The van der Waals surface area contributed by atoms with Gasteiger partial charge in [-0.2, -0.15) is 0 Å². The molecule has 0 aliphatic heterocycles. The minimum Gasteiger partial charge on any atom is -0.550 e. The zero-order valence-electron chi connectivity index (χ0n) is 21.2. The van der Waals surface area contributed by atoms with Gasteiger partial charge in [0.05, 0.1) is 20.4 Å². The number of thiazole rings is 2. The minimum absolute atomic E-state index is 0. The summed E-state index contributed by atoms with van der Waals surface area (Å²) in [6.07, 6.45) is 0. The van der Waals surface area contributed by atoms with Crippen molar-refractivity contribution in [3.05, 3.63) is 48.5 Å². The van der Waals surface area contributed by atoms with Gasteiger partial charge in [0.1, 0.15) is 0 Å². The number of thioether (sulfide) groups is 2. The molecule has 2 heterocycles. The number of hydrogen-bond donors (Lipinski definition) is 0. The summed E-state index contributed by atoms with van der Waals surface area (Å²) in [5.41, 5.74) is 1.94. The van der Waals surface area contributed by atoms with E-state index in [0.717, 1.165) is 29.1 Å². The monoisotopic (exact) mass is 624 g/mol. The number of aliphatic carboxylic acids is 2. The molecule has 4 aromatic rings. The zero-order chi connectivity index (χ0) is 26.2. The maximum atomic E-state index is 11.0. The van der Waals surface area contributed by atoms with Crippen molar-refractivity contribution >= 4 is 78.6 Å². The predicted molar refractivity (Wildman–Crippen MR) is 147 cm³/mol. The van der Waals surface area contributed by atoms with Gasteiger partial charge in [0.15, 0.2) is 8.68 Å². The Morgan fingerprint density at radius 1 is 0.730 bits per heavy atom. The Morgan fingerprint density at radius 2 is 1.08 bits per heavy atom. The Hall–Kier alpha value is -1.52. The van der Waals surface area contributed by atoms with Crippen LogP contribution in [0, 0.1) is 23.7 Å². The topological polar surface area (TPSA) is 106 Å². The molecule has 4 rings (SSSR count). The van der Waals surface area contributed by atoms with Crippen LogP contribution < -0.4 is 10.2 Å². The quantitative estimate of drug-likeness (QED) is 0.182. The van der Waals surface area contributed by atoms with Gasteiger partial charge in [0, 0.05) is 35.3 Å². The average Bonchev–Trinajstić information content (AvgIpc) is 3.42. The second-order valence-corrected chi connectivity index (χ2v) is 13.5. The van der Waals surface area contributed by atoms with Crippen LogP contribution in [0.4, 0.5) is 0 Å². The Morgan fingerprint density at radius 3 is 1.38 bits per heavy atom. The number of carboxylic acid groups (broad SMARTS) is 2. The second-order valence-electron chi connectivity index (χ2n) is 8.86. The Kier molecular flexibility index (Phi) is 13.0. The molecule has 0 aliphatic rings. The van der Waals surface area contributed by atoms with Gasteiger partial charge in [-0.3, -0.25) is 0 Å². The van der Waals surface area contributed by atoms with E-state index in [-0.39, 0.29) is 31.3 Å². The van der Waals surface area contributed by atoms with Gasteiger partial charge in [-0.1, -0.05) is 75.5 Å². The van der Waals surface area contributed by atoms with E-state index in [2.05, 4.69) is 9.97 Å². The number of carboxylic acids is 2. The SMILES string of the molecule is CC(C)C(CSc1nc2ccccc2s1)C(=O)[O-].CC(C)C(CSc1nc2ccccc2s1)C(=O)[O-].[Zn+2]. The smallest absolute Gasteiger partial charge is 0.550 e. The van der Waals surface area contributed by atoms with Crippen molar-refractivity contribution in [1.82, 2.24) is 9.97 Å². The fourth-order valence-corrected chi connectivity index (χ4v) is 8.04. The molecule has 0 N–H and O–H groups in total. The van der Waals surface area contributed by atoms with E-state index in [1.807, 2.05) is 76.2 Å². The van der Waals surface area contributed by atoms with E-state index in [9.17, 15) is 19.8 Å². The van der Waals surface area contributed by atoms with Crippen LogP contribution in [0.15, 0.2) is 57.2 Å². The summed E-state index contributed by atoms with van der Waals surface area (Å²) in [6.45, 7) is 7.61. The number of hydrogen-bond acceptors (Lipinski definition) is 10. The maximum Gasteiger partial charge on any atom is 2.00 e. The molecular formula is C26H28N2O4S4Zn. The van der Waals surface area contributed by atoms with Crippen molar-refractivity contribution in [1.29, 1.82) is 0 Å². The molecule has 0 saturated heterocycles. The third-order valence-electron chi connectivity index (χ3n) is 5.54. The molecule has 0 bridgehead atoms. The first-order chi connectivity index (χ1) is 17.2. The molecule has 0 aliphatic carbocycles. The molecule has 2 unspecified atom stereocenters. The number of carbonyl (C=O) groups is 2. The summed E-state index contributed by atoms with van der Waals surface area (Å²) in [7, 11) is 0. The average molecular weight is 626 g/mol. The Balaban J connectivity index is 0.000000253. The molecule has 2 aromatic carbocycles. The molecule has 192 valence electrons. The van der Waals surface area contributed by atoms with Crippen LogP contribution in [-0.2, 0) is 29.1 Å². The molecular weight excluding hydrogens is 598 g/mol. The van der Waals surface area contributed by atoms with E-state index in [1.165, 1.54) is 23.5 Å². The van der Waals surface area contributed by atoms with Gasteiger partial charge in [0.2, 0.25) is 0 Å². The van der Waals surface area contributed by atoms with E-state index in [0.29, 0.717) is 11.5 Å². The normalized spacial score (nSPS) is 12.7. The van der Waals surface area contributed by atoms with Gasteiger partial charge in [0.25, 0.3) is 0 Å². The van der Waals surface area contributed by atoms with Crippen LogP contribution in [0.2, 0.25) is 0 Å². The van der Waals surface area contributed by atoms with Crippen LogP contribution >= 0.6 is 46.2 Å². The standard InChI is InChI=1S/2C13H15NO2S2.Zn/c2*1-8(2)9(12(15)16)7-17-13-14-10-5-3-4-6-11(10)18-13;/h2*3-6,8-9H,7H2,1-2H3,(H,15,16);/q;;+2/p-2. The van der Waals surface area contributed by atoms with Crippen molar-refractivity contribution in [3.8, 4) is 0 Å². The van der Waals surface area contributed by atoms with Gasteiger partial charge in [-0.25, -0.2) is 9.97 Å². The summed E-state index contributed by atoms with van der Waals surface area (Å²) >= 11 is 6.20. The van der Waals surface area contributed by atoms with Crippen molar-refractivity contribution < 1.29 is 39.3 Å². The van der Waals surface area contributed by atoms with Gasteiger partial charge in [-0.15, -0.1) is 22.7 Å². The third-order valence-corrected chi connectivity index (χ3v) is 10.1. The van der Waals surface area contributed by atoms with Gasteiger partial charge in [-0.05, 0) is 36.1 Å².